The summed E-state index contributed by atoms with van der Waals surface area (Å²) in [6, 6.07) is 1.36. The van der Waals surface area contributed by atoms with Gasteiger partial charge < -0.3 is 20.3 Å². The fraction of sp³-hybridized carbons (Fsp3) is 0.583. The molecule has 1 heterocycles. The highest BCUT2D eigenvalue weighted by Gasteiger charge is 2.40. The van der Waals surface area contributed by atoms with Crippen molar-refractivity contribution in [1.82, 2.24) is 15.8 Å². The minimum Gasteiger partial charge on any atom is -0.481 e. The number of carboxylic acid groups (broad SMARTS) is 1. The monoisotopic (exact) mass is 267 g/mol. The Balaban J connectivity index is 1.81. The van der Waals surface area contributed by atoms with Gasteiger partial charge in [-0.2, -0.15) is 0 Å². The first-order valence-corrected chi connectivity index (χ1v) is 6.19. The van der Waals surface area contributed by atoms with Crippen molar-refractivity contribution in [2.24, 2.45) is 0 Å². The van der Waals surface area contributed by atoms with E-state index in [9.17, 15) is 9.59 Å². The number of aryl methyl sites for hydroxylation is 1. The van der Waals surface area contributed by atoms with Crippen molar-refractivity contribution in [2.75, 3.05) is 0 Å². The van der Waals surface area contributed by atoms with Crippen LogP contribution in [0.25, 0.3) is 0 Å². The van der Waals surface area contributed by atoms with Crippen LogP contribution >= 0.6 is 0 Å². The van der Waals surface area contributed by atoms with E-state index < -0.39 is 11.5 Å². The Morgan fingerprint density at radius 3 is 2.74 bits per heavy atom. The maximum absolute atomic E-state index is 11.7. The summed E-state index contributed by atoms with van der Waals surface area (Å²) < 4.78 is 4.88. The molecule has 1 aliphatic rings. The number of hydrogen-bond acceptors (Lipinski definition) is 4. The molecule has 1 aromatic heterocycles. The van der Waals surface area contributed by atoms with Crippen LogP contribution in [0.5, 0.6) is 0 Å². The second-order valence-corrected chi connectivity index (χ2v) is 4.94. The molecule has 7 nitrogen and oxygen atoms in total. The summed E-state index contributed by atoms with van der Waals surface area (Å²) in [5.74, 6) is -0.217. The molecule has 7 heteroatoms. The number of carbonyl (C=O) groups excluding carboxylic acids is 1. The SMILES string of the molecule is Cc1cc(CNC(=O)NC2(CC(=O)O)CCC2)no1. The highest BCUT2D eigenvalue weighted by molar-refractivity contribution is 5.77. The van der Waals surface area contributed by atoms with Gasteiger partial charge in [-0.05, 0) is 26.2 Å². The quantitative estimate of drug-likeness (QED) is 0.743. The van der Waals surface area contributed by atoms with Crippen molar-refractivity contribution in [3.8, 4) is 0 Å². The lowest BCUT2D eigenvalue weighted by Crippen LogP contribution is -2.57. The number of hydrogen-bond donors (Lipinski definition) is 3. The average Bonchev–Trinajstić information content (AvgIpc) is 2.69. The van der Waals surface area contributed by atoms with Crippen molar-refractivity contribution in [2.45, 2.75) is 44.7 Å². The van der Waals surface area contributed by atoms with E-state index in [-0.39, 0.29) is 19.0 Å². The molecule has 1 aliphatic carbocycles. The van der Waals surface area contributed by atoms with Gasteiger partial charge in [0, 0.05) is 6.07 Å². The van der Waals surface area contributed by atoms with Crippen LogP contribution in [0, 0.1) is 6.92 Å². The molecular formula is C12H17N3O4. The number of nitrogens with zero attached hydrogens (tertiary/aromatic N) is 1. The zero-order valence-electron chi connectivity index (χ0n) is 10.7. The molecule has 1 fully saturated rings. The molecule has 1 aromatic rings. The van der Waals surface area contributed by atoms with Crippen LogP contribution in [0.4, 0.5) is 4.79 Å². The normalized spacial score (nSPS) is 16.5. The van der Waals surface area contributed by atoms with Crippen molar-refractivity contribution in [3.05, 3.63) is 17.5 Å². The highest BCUT2D eigenvalue weighted by atomic mass is 16.5. The van der Waals surface area contributed by atoms with Gasteiger partial charge in [0.05, 0.1) is 18.5 Å². The van der Waals surface area contributed by atoms with E-state index >= 15 is 0 Å². The summed E-state index contributed by atoms with van der Waals surface area (Å²) in [5, 5.41) is 18.0. The van der Waals surface area contributed by atoms with Crippen LogP contribution in [-0.4, -0.2) is 27.8 Å². The Morgan fingerprint density at radius 2 is 2.26 bits per heavy atom. The summed E-state index contributed by atoms with van der Waals surface area (Å²) in [6.07, 6.45) is 2.31. The predicted molar refractivity (Wildman–Crippen MR) is 65.4 cm³/mol. The van der Waals surface area contributed by atoms with Crippen molar-refractivity contribution in [3.63, 3.8) is 0 Å². The fourth-order valence-corrected chi connectivity index (χ4v) is 2.20. The number of nitrogens with one attached hydrogen (secondary N) is 2. The van der Waals surface area contributed by atoms with E-state index in [1.54, 1.807) is 13.0 Å². The van der Waals surface area contributed by atoms with Gasteiger partial charge in [0.1, 0.15) is 11.5 Å². The molecule has 3 N–H and O–H groups in total. The molecule has 19 heavy (non-hydrogen) atoms. The van der Waals surface area contributed by atoms with Crippen molar-refractivity contribution >= 4 is 12.0 Å². The number of aliphatic carboxylic acids is 1. The largest absolute Gasteiger partial charge is 0.481 e. The van der Waals surface area contributed by atoms with Gasteiger partial charge in [-0.3, -0.25) is 4.79 Å². The zero-order valence-corrected chi connectivity index (χ0v) is 10.7. The van der Waals surface area contributed by atoms with E-state index in [0.29, 0.717) is 24.3 Å². The first-order valence-electron chi connectivity index (χ1n) is 6.19. The molecule has 2 amide bonds. The standard InChI is InChI=1S/C12H17N3O4/c1-8-5-9(15-19-8)7-13-11(18)14-12(3-2-4-12)6-10(16)17/h5H,2-4,6-7H2,1H3,(H,16,17)(H2,13,14,18). The lowest BCUT2D eigenvalue weighted by atomic mass is 9.74. The fourth-order valence-electron chi connectivity index (χ4n) is 2.20. The molecular weight excluding hydrogens is 250 g/mol. The maximum atomic E-state index is 11.7. The molecule has 0 radical (unpaired) electrons. The van der Waals surface area contributed by atoms with Crippen LogP contribution in [0.15, 0.2) is 10.6 Å². The molecule has 0 spiro atoms. The minimum absolute atomic E-state index is 0.0382. The van der Waals surface area contributed by atoms with Gasteiger partial charge in [0.2, 0.25) is 0 Å². The van der Waals surface area contributed by atoms with Crippen molar-refractivity contribution < 1.29 is 19.2 Å². The zero-order chi connectivity index (χ0) is 13.9. The summed E-state index contributed by atoms with van der Waals surface area (Å²) in [4.78, 5) is 22.5. The third-order valence-corrected chi connectivity index (χ3v) is 3.29. The Hall–Kier alpha value is -2.05. The molecule has 0 aliphatic heterocycles. The summed E-state index contributed by atoms with van der Waals surface area (Å²) in [7, 11) is 0. The van der Waals surface area contributed by atoms with Crippen LogP contribution in [-0.2, 0) is 11.3 Å². The van der Waals surface area contributed by atoms with E-state index in [4.69, 9.17) is 9.63 Å². The number of carboxylic acids is 1. The lowest BCUT2D eigenvalue weighted by Gasteiger charge is -2.41. The van der Waals surface area contributed by atoms with Gasteiger partial charge in [0.15, 0.2) is 0 Å². The van der Waals surface area contributed by atoms with Gasteiger partial charge in [0.25, 0.3) is 0 Å². The van der Waals surface area contributed by atoms with E-state index in [1.165, 1.54) is 0 Å². The Kier molecular flexibility index (Phi) is 3.73. The van der Waals surface area contributed by atoms with Gasteiger partial charge in [-0.25, -0.2) is 4.79 Å². The molecule has 104 valence electrons. The lowest BCUT2D eigenvalue weighted by molar-refractivity contribution is -0.139. The molecule has 2 rings (SSSR count). The van der Waals surface area contributed by atoms with Gasteiger partial charge in [-0.15, -0.1) is 0 Å². The number of amides is 2. The van der Waals surface area contributed by atoms with Crippen LogP contribution in [0.3, 0.4) is 0 Å². The van der Waals surface area contributed by atoms with E-state index in [1.807, 2.05) is 0 Å². The van der Waals surface area contributed by atoms with Crippen LogP contribution < -0.4 is 10.6 Å². The summed E-state index contributed by atoms with van der Waals surface area (Å²) >= 11 is 0. The van der Waals surface area contributed by atoms with Gasteiger partial charge >= 0.3 is 12.0 Å². The minimum atomic E-state index is -0.896. The first kappa shape index (κ1) is 13.4. The molecule has 0 saturated heterocycles. The Morgan fingerprint density at radius 1 is 1.53 bits per heavy atom. The van der Waals surface area contributed by atoms with Crippen molar-refractivity contribution in [1.29, 1.82) is 0 Å². The third kappa shape index (κ3) is 3.46. The first-order chi connectivity index (χ1) is 8.99. The molecule has 0 bridgehead atoms. The predicted octanol–water partition coefficient (Wildman–Crippen LogP) is 1.18. The van der Waals surface area contributed by atoms with Gasteiger partial charge in [-0.1, -0.05) is 5.16 Å². The Bertz CT molecular complexity index is 479. The summed E-state index contributed by atoms with van der Waals surface area (Å²) in [6.45, 7) is 2.03. The number of carbonyl (C=O) groups is 2. The number of aromatic nitrogens is 1. The topological polar surface area (TPSA) is 104 Å². The second kappa shape index (κ2) is 5.29. The van der Waals surface area contributed by atoms with E-state index in [2.05, 4.69) is 15.8 Å². The third-order valence-electron chi connectivity index (χ3n) is 3.29. The van der Waals surface area contributed by atoms with Crippen LogP contribution in [0.2, 0.25) is 0 Å². The average molecular weight is 267 g/mol. The number of rotatable bonds is 5. The molecule has 0 aromatic carbocycles. The number of urea groups is 1. The molecule has 0 atom stereocenters. The smallest absolute Gasteiger partial charge is 0.315 e. The highest BCUT2D eigenvalue weighted by Crippen LogP contribution is 2.34. The van der Waals surface area contributed by atoms with E-state index in [0.717, 1.165) is 6.42 Å². The maximum Gasteiger partial charge on any atom is 0.315 e. The second-order valence-electron chi connectivity index (χ2n) is 4.94. The Labute approximate surface area is 110 Å². The molecule has 1 saturated carbocycles. The molecule has 0 unspecified atom stereocenters. The summed E-state index contributed by atoms with van der Waals surface area (Å²) in [5.41, 5.74) is 0.0453. The van der Waals surface area contributed by atoms with Crippen LogP contribution in [0.1, 0.15) is 37.1 Å².